The third-order valence-corrected chi connectivity index (χ3v) is 0.731. The molecule has 1 radical (unpaired) electrons. The van der Waals surface area contributed by atoms with E-state index in [0.29, 0.717) is 0 Å². The van der Waals surface area contributed by atoms with E-state index in [2.05, 4.69) is 11.8 Å². The standard InChI is InChI=1S/C6H8O2.Na/c1-3-4-5(2)6(7)8;/h5H,1-2H3,(H,7,8);. The van der Waals surface area contributed by atoms with Crippen LogP contribution in [0.5, 0.6) is 0 Å². The molecule has 45 valence electrons. The summed E-state index contributed by atoms with van der Waals surface area (Å²) in [4.78, 5) is 9.99. The number of carboxylic acid groups (broad SMARTS) is 1. The molecule has 2 nitrogen and oxygen atoms in total. The molecule has 0 heterocycles. The number of rotatable bonds is 1. The van der Waals surface area contributed by atoms with Crippen LogP contribution in [0.25, 0.3) is 0 Å². The van der Waals surface area contributed by atoms with Gasteiger partial charge in [0, 0.05) is 29.6 Å². The maximum absolute atomic E-state index is 9.99. The van der Waals surface area contributed by atoms with Gasteiger partial charge in [0.2, 0.25) is 0 Å². The SMILES string of the molecule is CC#CC(C)C(=O)O.[Na]. The molecule has 0 saturated heterocycles. The van der Waals surface area contributed by atoms with Gasteiger partial charge in [-0.05, 0) is 13.8 Å². The molecule has 0 aliphatic rings. The molecule has 0 bridgehead atoms. The molecular formula is C6H8NaO2. The first-order valence-electron chi connectivity index (χ1n) is 2.33. The monoisotopic (exact) mass is 135 g/mol. The summed E-state index contributed by atoms with van der Waals surface area (Å²) >= 11 is 0. The van der Waals surface area contributed by atoms with Crippen LogP contribution in [0.4, 0.5) is 0 Å². The molecule has 0 aromatic rings. The van der Waals surface area contributed by atoms with Crippen molar-refractivity contribution in [2.45, 2.75) is 13.8 Å². The van der Waals surface area contributed by atoms with Crippen molar-refractivity contribution in [3.05, 3.63) is 0 Å². The molecule has 0 aliphatic carbocycles. The largest absolute Gasteiger partial charge is 0.480 e. The van der Waals surface area contributed by atoms with Crippen LogP contribution in [0.15, 0.2) is 0 Å². The first kappa shape index (κ1) is 11.8. The Labute approximate surface area is 76.9 Å². The Hall–Kier alpha value is 0.0300. The molecule has 0 aliphatic heterocycles. The van der Waals surface area contributed by atoms with Crippen LogP contribution < -0.4 is 0 Å². The summed E-state index contributed by atoms with van der Waals surface area (Å²) < 4.78 is 0. The zero-order valence-corrected chi connectivity index (χ0v) is 7.93. The topological polar surface area (TPSA) is 37.3 Å². The summed E-state index contributed by atoms with van der Waals surface area (Å²) in [5, 5.41) is 8.21. The van der Waals surface area contributed by atoms with E-state index in [-0.39, 0.29) is 29.6 Å². The van der Waals surface area contributed by atoms with Crippen molar-refractivity contribution >= 4 is 35.5 Å². The molecule has 0 spiro atoms. The van der Waals surface area contributed by atoms with Crippen LogP contribution in [0, 0.1) is 17.8 Å². The summed E-state index contributed by atoms with van der Waals surface area (Å²) in [6, 6.07) is 0. The fourth-order valence-corrected chi connectivity index (χ4v) is 0.278. The van der Waals surface area contributed by atoms with E-state index in [4.69, 9.17) is 5.11 Å². The number of hydrogen-bond donors (Lipinski definition) is 1. The van der Waals surface area contributed by atoms with Gasteiger partial charge >= 0.3 is 5.97 Å². The Bertz CT molecular complexity index is 143. The molecule has 1 atom stereocenters. The van der Waals surface area contributed by atoms with Gasteiger partial charge in [0.25, 0.3) is 0 Å². The van der Waals surface area contributed by atoms with E-state index in [0.717, 1.165) is 0 Å². The van der Waals surface area contributed by atoms with Crippen molar-refractivity contribution in [1.82, 2.24) is 0 Å². The van der Waals surface area contributed by atoms with Gasteiger partial charge < -0.3 is 5.11 Å². The Balaban J connectivity index is 0. The van der Waals surface area contributed by atoms with Crippen LogP contribution in [-0.2, 0) is 4.79 Å². The predicted molar refractivity (Wildman–Crippen MR) is 36.0 cm³/mol. The average Bonchev–Trinajstić information content (AvgIpc) is 1.67. The minimum atomic E-state index is -0.862. The van der Waals surface area contributed by atoms with Crippen LogP contribution in [0.1, 0.15) is 13.8 Å². The number of carboxylic acids is 1. The maximum Gasteiger partial charge on any atom is 0.318 e. The van der Waals surface area contributed by atoms with Gasteiger partial charge in [-0.25, -0.2) is 0 Å². The number of hydrogen-bond acceptors (Lipinski definition) is 1. The first-order chi connectivity index (χ1) is 3.68. The van der Waals surface area contributed by atoms with Crippen molar-refractivity contribution in [2.24, 2.45) is 5.92 Å². The molecule has 0 aromatic carbocycles. The van der Waals surface area contributed by atoms with Crippen molar-refractivity contribution in [2.75, 3.05) is 0 Å². The first-order valence-corrected chi connectivity index (χ1v) is 2.33. The van der Waals surface area contributed by atoms with Crippen LogP contribution in [-0.4, -0.2) is 40.6 Å². The zero-order chi connectivity index (χ0) is 6.57. The summed E-state index contributed by atoms with van der Waals surface area (Å²) in [5.74, 6) is 3.62. The fraction of sp³-hybridized carbons (Fsp3) is 0.500. The van der Waals surface area contributed by atoms with Gasteiger partial charge in [-0.3, -0.25) is 4.79 Å². The van der Waals surface area contributed by atoms with Crippen molar-refractivity contribution in [3.8, 4) is 11.8 Å². The van der Waals surface area contributed by atoms with Gasteiger partial charge in [-0.15, -0.1) is 5.92 Å². The molecule has 9 heavy (non-hydrogen) atoms. The van der Waals surface area contributed by atoms with Gasteiger partial charge in [0.05, 0.1) is 0 Å². The second-order valence-electron chi connectivity index (χ2n) is 1.45. The van der Waals surface area contributed by atoms with Gasteiger partial charge in [0.1, 0.15) is 5.92 Å². The maximum atomic E-state index is 9.99. The fourth-order valence-electron chi connectivity index (χ4n) is 0.278. The molecule has 0 rings (SSSR count). The molecule has 1 N–H and O–H groups in total. The summed E-state index contributed by atoms with van der Waals surface area (Å²) in [6.07, 6.45) is 0. The smallest absolute Gasteiger partial charge is 0.318 e. The van der Waals surface area contributed by atoms with Crippen molar-refractivity contribution in [1.29, 1.82) is 0 Å². The van der Waals surface area contributed by atoms with Crippen molar-refractivity contribution < 1.29 is 9.90 Å². The Morgan fingerprint density at radius 1 is 1.67 bits per heavy atom. The van der Waals surface area contributed by atoms with E-state index < -0.39 is 11.9 Å². The summed E-state index contributed by atoms with van der Waals surface area (Å²) in [5.41, 5.74) is 0. The van der Waals surface area contributed by atoms with Gasteiger partial charge in [0.15, 0.2) is 0 Å². The minimum absolute atomic E-state index is 0. The van der Waals surface area contributed by atoms with E-state index >= 15 is 0 Å². The molecule has 0 aromatic heterocycles. The summed E-state index contributed by atoms with van der Waals surface area (Å²) in [6.45, 7) is 3.18. The second-order valence-corrected chi connectivity index (χ2v) is 1.45. The second kappa shape index (κ2) is 6.15. The third-order valence-electron chi connectivity index (χ3n) is 0.731. The van der Waals surface area contributed by atoms with E-state index in [1.54, 1.807) is 13.8 Å². The Morgan fingerprint density at radius 2 is 2.11 bits per heavy atom. The summed E-state index contributed by atoms with van der Waals surface area (Å²) in [7, 11) is 0. The van der Waals surface area contributed by atoms with Gasteiger partial charge in [-0.1, -0.05) is 5.92 Å². The van der Waals surface area contributed by atoms with E-state index in [1.165, 1.54) is 0 Å². The molecule has 3 heteroatoms. The third kappa shape index (κ3) is 5.91. The van der Waals surface area contributed by atoms with Crippen LogP contribution in [0.3, 0.4) is 0 Å². The molecule has 0 saturated carbocycles. The normalized spacial score (nSPS) is 10.0. The number of aliphatic carboxylic acids is 1. The van der Waals surface area contributed by atoms with E-state index in [9.17, 15) is 4.79 Å². The molecular weight excluding hydrogens is 127 g/mol. The average molecular weight is 135 g/mol. The Kier molecular flexibility index (Phi) is 8.06. The van der Waals surface area contributed by atoms with Crippen LogP contribution in [0.2, 0.25) is 0 Å². The molecule has 0 amide bonds. The molecule has 1 unspecified atom stereocenters. The predicted octanol–water partition coefficient (Wildman–Crippen LogP) is 0.350. The quantitative estimate of drug-likeness (QED) is 0.416. The van der Waals surface area contributed by atoms with Crippen LogP contribution >= 0.6 is 0 Å². The van der Waals surface area contributed by atoms with E-state index in [1.807, 2.05) is 0 Å². The minimum Gasteiger partial charge on any atom is -0.480 e. The van der Waals surface area contributed by atoms with Crippen molar-refractivity contribution in [3.63, 3.8) is 0 Å². The van der Waals surface area contributed by atoms with Gasteiger partial charge in [-0.2, -0.15) is 0 Å². The molecule has 0 fully saturated rings. The Morgan fingerprint density at radius 3 is 2.22 bits per heavy atom. The number of carbonyl (C=O) groups is 1. The zero-order valence-electron chi connectivity index (χ0n) is 5.93.